The van der Waals surface area contributed by atoms with Crippen molar-refractivity contribution in [3.63, 3.8) is 0 Å². The summed E-state index contributed by atoms with van der Waals surface area (Å²) in [6, 6.07) is 7.23. The molecular formula is C11H9BBr2O3. The van der Waals surface area contributed by atoms with Crippen LogP contribution in [0.2, 0.25) is 0 Å². The molecule has 0 amide bonds. The molecule has 0 heterocycles. The lowest BCUT2D eigenvalue weighted by molar-refractivity contribution is 0.410. The van der Waals surface area contributed by atoms with Gasteiger partial charge in [-0.25, -0.2) is 0 Å². The summed E-state index contributed by atoms with van der Waals surface area (Å²) in [4.78, 5) is 0. The Morgan fingerprint density at radius 2 is 1.82 bits per heavy atom. The number of rotatable bonds is 2. The van der Waals surface area contributed by atoms with E-state index < -0.39 is 7.12 Å². The lowest BCUT2D eigenvalue weighted by Crippen LogP contribution is -2.30. The van der Waals surface area contributed by atoms with Crippen molar-refractivity contribution in [1.29, 1.82) is 0 Å². The van der Waals surface area contributed by atoms with E-state index in [4.69, 9.17) is 4.74 Å². The zero-order valence-electron chi connectivity index (χ0n) is 8.95. The molecule has 2 aromatic rings. The highest BCUT2D eigenvalue weighted by molar-refractivity contribution is 9.11. The third-order valence-corrected chi connectivity index (χ3v) is 3.84. The van der Waals surface area contributed by atoms with Crippen LogP contribution in [-0.2, 0) is 0 Å². The van der Waals surface area contributed by atoms with Crippen LogP contribution in [0.15, 0.2) is 33.2 Å². The molecule has 0 aromatic heterocycles. The number of hydrogen-bond acceptors (Lipinski definition) is 3. The van der Waals surface area contributed by atoms with Crippen molar-refractivity contribution in [3.05, 3.63) is 33.2 Å². The highest BCUT2D eigenvalue weighted by atomic mass is 79.9. The minimum atomic E-state index is -1.53. The molecule has 2 N–H and O–H groups in total. The minimum absolute atomic E-state index is 0.418. The van der Waals surface area contributed by atoms with E-state index in [1.807, 2.05) is 18.2 Å². The molecule has 88 valence electrons. The predicted octanol–water partition coefficient (Wildman–Crippen LogP) is 2.05. The summed E-state index contributed by atoms with van der Waals surface area (Å²) in [6.45, 7) is 0. The van der Waals surface area contributed by atoms with Crippen molar-refractivity contribution in [1.82, 2.24) is 0 Å². The van der Waals surface area contributed by atoms with Gasteiger partial charge in [0.15, 0.2) is 0 Å². The van der Waals surface area contributed by atoms with Crippen LogP contribution < -0.4 is 10.2 Å². The molecule has 0 saturated heterocycles. The van der Waals surface area contributed by atoms with Gasteiger partial charge in [0.1, 0.15) is 5.75 Å². The summed E-state index contributed by atoms with van der Waals surface area (Å²) < 4.78 is 6.87. The van der Waals surface area contributed by atoms with Gasteiger partial charge < -0.3 is 14.8 Å². The Hall–Kier alpha value is -0.555. The second-order valence-electron chi connectivity index (χ2n) is 3.55. The average Bonchev–Trinajstić information content (AvgIpc) is 2.29. The zero-order valence-corrected chi connectivity index (χ0v) is 12.1. The van der Waals surface area contributed by atoms with Gasteiger partial charge in [-0.2, -0.15) is 0 Å². The molecule has 0 aliphatic heterocycles. The highest BCUT2D eigenvalue weighted by Crippen LogP contribution is 2.33. The Labute approximate surface area is 116 Å². The molecular weight excluding hydrogens is 351 g/mol. The Morgan fingerprint density at radius 3 is 2.41 bits per heavy atom. The van der Waals surface area contributed by atoms with Crippen molar-refractivity contribution in [2.45, 2.75) is 0 Å². The third kappa shape index (κ3) is 2.35. The zero-order chi connectivity index (χ0) is 12.6. The first-order valence-corrected chi connectivity index (χ1v) is 6.45. The van der Waals surface area contributed by atoms with E-state index in [2.05, 4.69) is 31.9 Å². The first-order chi connectivity index (χ1) is 8.04. The summed E-state index contributed by atoms with van der Waals surface area (Å²) in [6.07, 6.45) is 0. The van der Waals surface area contributed by atoms with Gasteiger partial charge in [-0.3, -0.25) is 0 Å². The molecule has 2 rings (SSSR count). The Bertz CT molecular complexity index is 572. The van der Waals surface area contributed by atoms with Crippen LogP contribution in [0.1, 0.15) is 0 Å². The number of methoxy groups -OCH3 is 1. The van der Waals surface area contributed by atoms with Crippen LogP contribution in [-0.4, -0.2) is 24.3 Å². The van der Waals surface area contributed by atoms with E-state index in [0.29, 0.717) is 11.2 Å². The standard InChI is InChI=1S/C11H9BBr2O3/c1-17-10-5-9(12(15)16)8-4-6(13)2-3-7(8)11(10)14/h2-5,15-16H,1H3. The van der Waals surface area contributed by atoms with Crippen LogP contribution in [0.3, 0.4) is 0 Å². The van der Waals surface area contributed by atoms with Crippen molar-refractivity contribution in [2.24, 2.45) is 0 Å². The molecule has 0 unspecified atom stereocenters. The van der Waals surface area contributed by atoms with Crippen LogP contribution in [0.4, 0.5) is 0 Å². The molecule has 0 fully saturated rings. The van der Waals surface area contributed by atoms with Crippen LogP contribution in [0, 0.1) is 0 Å². The molecule has 0 saturated carbocycles. The quantitative estimate of drug-likeness (QED) is 0.807. The maximum absolute atomic E-state index is 9.39. The lowest BCUT2D eigenvalue weighted by Gasteiger charge is -2.12. The van der Waals surface area contributed by atoms with Gasteiger partial charge in [0, 0.05) is 4.47 Å². The average molecular weight is 360 g/mol. The number of ether oxygens (including phenoxy) is 1. The molecule has 3 nitrogen and oxygen atoms in total. The minimum Gasteiger partial charge on any atom is -0.496 e. The Balaban J connectivity index is 2.87. The van der Waals surface area contributed by atoms with Gasteiger partial charge in [-0.15, -0.1) is 0 Å². The van der Waals surface area contributed by atoms with Crippen LogP contribution >= 0.6 is 31.9 Å². The number of halogens is 2. The Kier molecular flexibility index (Phi) is 3.77. The number of fused-ring (bicyclic) bond motifs is 1. The van der Waals surface area contributed by atoms with Gasteiger partial charge >= 0.3 is 7.12 Å². The van der Waals surface area contributed by atoms with Crippen LogP contribution in [0.25, 0.3) is 10.8 Å². The smallest absolute Gasteiger partial charge is 0.489 e. The predicted molar refractivity (Wildman–Crippen MR) is 75.7 cm³/mol. The first kappa shape index (κ1) is 12.9. The fourth-order valence-corrected chi connectivity index (χ4v) is 2.71. The second kappa shape index (κ2) is 4.98. The van der Waals surface area contributed by atoms with Crippen molar-refractivity contribution in [2.75, 3.05) is 7.11 Å². The summed E-state index contributed by atoms with van der Waals surface area (Å²) in [5.41, 5.74) is 0.418. The molecule has 17 heavy (non-hydrogen) atoms. The molecule has 0 atom stereocenters. The lowest BCUT2D eigenvalue weighted by atomic mass is 9.77. The monoisotopic (exact) mass is 358 g/mol. The van der Waals surface area contributed by atoms with E-state index in [1.54, 1.807) is 6.07 Å². The molecule has 0 aliphatic carbocycles. The highest BCUT2D eigenvalue weighted by Gasteiger charge is 2.19. The van der Waals surface area contributed by atoms with Gasteiger partial charge in [-0.05, 0) is 50.4 Å². The normalized spacial score (nSPS) is 10.6. The molecule has 0 spiro atoms. The summed E-state index contributed by atoms with van der Waals surface area (Å²) in [5.74, 6) is 0.572. The summed E-state index contributed by atoms with van der Waals surface area (Å²) in [7, 11) is 0.00648. The largest absolute Gasteiger partial charge is 0.496 e. The van der Waals surface area contributed by atoms with Crippen LogP contribution in [0.5, 0.6) is 5.75 Å². The van der Waals surface area contributed by atoms with E-state index in [-0.39, 0.29) is 0 Å². The van der Waals surface area contributed by atoms with Gasteiger partial charge in [-0.1, -0.05) is 22.0 Å². The van der Waals surface area contributed by atoms with Gasteiger partial charge in [0.25, 0.3) is 0 Å². The van der Waals surface area contributed by atoms with Crippen molar-refractivity contribution >= 4 is 55.2 Å². The number of benzene rings is 2. The topological polar surface area (TPSA) is 49.7 Å². The fourth-order valence-electron chi connectivity index (χ4n) is 1.72. The summed E-state index contributed by atoms with van der Waals surface area (Å²) in [5, 5.41) is 20.4. The van der Waals surface area contributed by atoms with Gasteiger partial charge in [0.2, 0.25) is 0 Å². The third-order valence-electron chi connectivity index (χ3n) is 2.53. The van der Waals surface area contributed by atoms with E-state index >= 15 is 0 Å². The fraction of sp³-hybridized carbons (Fsp3) is 0.0909. The molecule has 6 heteroatoms. The molecule has 0 aliphatic rings. The maximum Gasteiger partial charge on any atom is 0.489 e. The number of hydrogen-bond donors (Lipinski definition) is 2. The maximum atomic E-state index is 9.39. The van der Waals surface area contributed by atoms with E-state index in [1.165, 1.54) is 7.11 Å². The summed E-state index contributed by atoms with van der Waals surface area (Å²) >= 11 is 6.81. The molecule has 0 radical (unpaired) electrons. The molecule has 0 bridgehead atoms. The second-order valence-corrected chi connectivity index (χ2v) is 5.25. The molecule has 2 aromatic carbocycles. The van der Waals surface area contributed by atoms with Gasteiger partial charge in [0.05, 0.1) is 11.6 Å². The van der Waals surface area contributed by atoms with Crippen molar-refractivity contribution < 1.29 is 14.8 Å². The SMILES string of the molecule is COc1cc(B(O)O)c2cc(Br)ccc2c1Br. The van der Waals surface area contributed by atoms with E-state index in [0.717, 1.165) is 19.7 Å². The van der Waals surface area contributed by atoms with Crippen molar-refractivity contribution in [3.8, 4) is 5.75 Å². The van der Waals surface area contributed by atoms with E-state index in [9.17, 15) is 10.0 Å². The first-order valence-electron chi connectivity index (χ1n) is 4.86. The Morgan fingerprint density at radius 1 is 1.12 bits per heavy atom.